The molecule has 3 saturated heterocycles. The Kier molecular flexibility index (Phi) is 18.9. The zero-order chi connectivity index (χ0) is 43.8. The number of rotatable bonds is 11. The van der Waals surface area contributed by atoms with Crippen molar-refractivity contribution in [3.05, 3.63) is 24.3 Å². The summed E-state index contributed by atoms with van der Waals surface area (Å²) in [6.45, 7) is 10.8. The second kappa shape index (κ2) is 22.5. The molecule has 0 aromatic carbocycles. The Morgan fingerprint density at radius 3 is 2.17 bits per heavy atom. The topological polar surface area (TPSA) is 195 Å². The molecule has 0 radical (unpaired) electrons. The third-order valence-electron chi connectivity index (χ3n) is 12.4. The van der Waals surface area contributed by atoms with Crippen LogP contribution in [0.15, 0.2) is 24.3 Å². The first-order valence-corrected chi connectivity index (χ1v) is 21.3. The van der Waals surface area contributed by atoms with Gasteiger partial charge in [0.2, 0.25) is 0 Å². The molecular formula is C43H74N2O14. The molecule has 59 heavy (non-hydrogen) atoms. The molecule has 0 aliphatic carbocycles. The molecule has 0 aromatic heterocycles. The molecular weight excluding hydrogens is 768 g/mol. The van der Waals surface area contributed by atoms with Gasteiger partial charge >= 0.3 is 5.97 Å². The monoisotopic (exact) mass is 843 g/mol. The van der Waals surface area contributed by atoms with Crippen molar-refractivity contribution in [1.82, 2.24) is 9.80 Å². The van der Waals surface area contributed by atoms with E-state index in [-0.39, 0.29) is 30.9 Å². The van der Waals surface area contributed by atoms with Gasteiger partial charge in [-0.3, -0.25) is 4.79 Å². The average molecular weight is 843 g/mol. The van der Waals surface area contributed by atoms with Crippen LogP contribution in [0.1, 0.15) is 86.5 Å². The standard InChI is InChI=1S/C43H74N2O14/c1-24-21-29(19-20-46)39(59-42-37(49)36(45(9)10)38(27(4)56-42)58-35-23-43(6,51)41(50)28(5)55-35)40(52-11)31(47)22-33(48)53-25(2)15-13-12-14-16-32(24)57-34-18-17-30(44(7)8)26(3)54-34/h12-14,16,20,24-32,34-42,47,49-51H,15,17-19,21-23H2,1-11H3/b13-12+,16-14+/t24-,25-,26+,27+,28-,29+,30+,31-,32+,34+,35-,36+,37+,38+,39+,40-,41-,42-,43+/m1/s1. The van der Waals surface area contributed by atoms with E-state index in [0.717, 1.165) is 12.7 Å². The van der Waals surface area contributed by atoms with E-state index in [0.29, 0.717) is 19.3 Å². The third kappa shape index (κ3) is 13.3. The number of hydrogen-bond acceptors (Lipinski definition) is 16. The second-order valence-corrected chi connectivity index (χ2v) is 17.8. The molecule has 340 valence electrons. The zero-order valence-electron chi connectivity index (χ0n) is 37.0. The van der Waals surface area contributed by atoms with E-state index in [9.17, 15) is 30.0 Å². The van der Waals surface area contributed by atoms with Crippen molar-refractivity contribution in [3.8, 4) is 0 Å². The van der Waals surface area contributed by atoms with E-state index < -0.39 is 110 Å². The Bertz CT molecular complexity index is 1370. The second-order valence-electron chi connectivity index (χ2n) is 17.8. The van der Waals surface area contributed by atoms with E-state index in [1.165, 1.54) is 14.0 Å². The molecule has 0 amide bonds. The number of allylic oxidation sites excluding steroid dienone is 2. The predicted octanol–water partition coefficient (Wildman–Crippen LogP) is 2.33. The summed E-state index contributed by atoms with van der Waals surface area (Å²) >= 11 is 0. The molecule has 4 heterocycles. The first-order valence-electron chi connectivity index (χ1n) is 21.3. The normalized spacial score (nSPS) is 45.8. The minimum Gasteiger partial charge on any atom is -0.462 e. The summed E-state index contributed by atoms with van der Waals surface area (Å²) in [5, 5.41) is 45.1. The van der Waals surface area contributed by atoms with Crippen LogP contribution in [-0.4, -0.2) is 181 Å². The highest BCUT2D eigenvalue weighted by molar-refractivity contribution is 5.70. The molecule has 3 fully saturated rings. The highest BCUT2D eigenvalue weighted by Gasteiger charge is 2.52. The summed E-state index contributed by atoms with van der Waals surface area (Å²) in [5.74, 6) is -1.47. The quantitative estimate of drug-likeness (QED) is 0.175. The fourth-order valence-corrected chi connectivity index (χ4v) is 9.10. The van der Waals surface area contributed by atoms with Crippen molar-refractivity contribution in [2.24, 2.45) is 11.8 Å². The summed E-state index contributed by atoms with van der Waals surface area (Å²) in [7, 11) is 9.03. The molecule has 16 nitrogen and oxygen atoms in total. The number of aliphatic hydroxyl groups is 4. The first-order chi connectivity index (χ1) is 27.8. The van der Waals surface area contributed by atoms with Gasteiger partial charge in [0.1, 0.15) is 36.8 Å². The van der Waals surface area contributed by atoms with Gasteiger partial charge in [-0.15, -0.1) is 0 Å². The van der Waals surface area contributed by atoms with Crippen LogP contribution in [0.3, 0.4) is 0 Å². The molecule has 0 unspecified atom stereocenters. The maximum Gasteiger partial charge on any atom is 0.308 e. The molecule has 19 atom stereocenters. The Morgan fingerprint density at radius 1 is 0.864 bits per heavy atom. The van der Waals surface area contributed by atoms with Gasteiger partial charge in [0, 0.05) is 32.4 Å². The van der Waals surface area contributed by atoms with Gasteiger partial charge in [-0.25, -0.2) is 0 Å². The molecule has 0 aromatic rings. The van der Waals surface area contributed by atoms with Crippen LogP contribution in [0.2, 0.25) is 0 Å². The molecule has 4 aliphatic heterocycles. The molecule has 4 rings (SSSR count). The van der Waals surface area contributed by atoms with Gasteiger partial charge in [-0.05, 0) is 93.9 Å². The van der Waals surface area contributed by atoms with Gasteiger partial charge in [-0.1, -0.05) is 31.2 Å². The van der Waals surface area contributed by atoms with E-state index in [4.69, 9.17) is 37.9 Å². The van der Waals surface area contributed by atoms with Crippen molar-refractivity contribution in [3.63, 3.8) is 0 Å². The SMILES string of the molecule is CO[C@H]1[C@@H](O[C@H]2O[C@@H](C)[C@H](O[C@@H]3C[C@](C)(O)[C@H](O)[C@@H](C)O3)[C@@H](N(C)C)[C@@H]2O)[C@@H](CC=O)C[C@@H](C)[C@@H](O[C@H]2CC[C@H](N(C)C)[C@H](C)O2)/C=C/C=C/C[C@@H](C)OC(=O)C[C@H]1O. The van der Waals surface area contributed by atoms with Gasteiger partial charge in [0.05, 0.1) is 54.7 Å². The largest absolute Gasteiger partial charge is 0.462 e. The molecule has 0 bridgehead atoms. The lowest BCUT2D eigenvalue weighted by Crippen LogP contribution is -2.65. The summed E-state index contributed by atoms with van der Waals surface area (Å²) in [5.41, 5.74) is -1.47. The van der Waals surface area contributed by atoms with Crippen molar-refractivity contribution in [2.75, 3.05) is 35.3 Å². The van der Waals surface area contributed by atoms with Crippen molar-refractivity contribution in [1.29, 1.82) is 0 Å². The average Bonchev–Trinajstić information content (AvgIpc) is 3.13. The number of carbonyl (C=O) groups is 2. The lowest BCUT2D eigenvalue weighted by molar-refractivity contribution is -0.344. The highest BCUT2D eigenvalue weighted by atomic mass is 16.7. The molecule has 4 aliphatic rings. The lowest BCUT2D eigenvalue weighted by atomic mass is 9.82. The maximum atomic E-state index is 13.1. The van der Waals surface area contributed by atoms with E-state index in [1.54, 1.807) is 39.8 Å². The van der Waals surface area contributed by atoms with Gasteiger partial charge in [0.15, 0.2) is 18.9 Å². The molecule has 4 N–H and O–H groups in total. The molecule has 0 spiro atoms. The van der Waals surface area contributed by atoms with Crippen LogP contribution in [-0.2, 0) is 47.5 Å². The van der Waals surface area contributed by atoms with Gasteiger partial charge in [-0.2, -0.15) is 0 Å². The minimum atomic E-state index is -1.47. The van der Waals surface area contributed by atoms with Gasteiger partial charge < -0.3 is 72.9 Å². The van der Waals surface area contributed by atoms with Crippen LogP contribution in [0, 0.1) is 11.8 Å². The first kappa shape index (κ1) is 49.8. The number of methoxy groups -OCH3 is 1. The lowest BCUT2D eigenvalue weighted by Gasteiger charge is -2.50. The van der Waals surface area contributed by atoms with E-state index in [2.05, 4.69) is 4.90 Å². The van der Waals surface area contributed by atoms with Crippen LogP contribution in [0.5, 0.6) is 0 Å². The number of nitrogens with zero attached hydrogens (tertiary/aromatic N) is 2. The number of ether oxygens (including phenoxy) is 8. The van der Waals surface area contributed by atoms with Crippen LogP contribution >= 0.6 is 0 Å². The predicted molar refractivity (Wildman–Crippen MR) is 217 cm³/mol. The summed E-state index contributed by atoms with van der Waals surface area (Å²) < 4.78 is 50.0. The Morgan fingerprint density at radius 2 is 1.56 bits per heavy atom. The smallest absolute Gasteiger partial charge is 0.308 e. The number of aldehydes is 1. The number of aliphatic hydroxyl groups excluding tert-OH is 3. The fourth-order valence-electron chi connectivity index (χ4n) is 9.10. The highest BCUT2D eigenvalue weighted by Crippen LogP contribution is 2.37. The van der Waals surface area contributed by atoms with Crippen molar-refractivity contribution >= 4 is 12.3 Å². The Labute approximate surface area is 351 Å². The Hall–Kier alpha value is -1.90. The minimum absolute atomic E-state index is 0.00885. The van der Waals surface area contributed by atoms with Crippen LogP contribution in [0.4, 0.5) is 0 Å². The van der Waals surface area contributed by atoms with Crippen molar-refractivity contribution < 1.29 is 67.9 Å². The molecule has 16 heteroatoms. The number of likely N-dealkylation sites (N-methyl/N-ethyl adjacent to an activating group) is 2. The van der Waals surface area contributed by atoms with Crippen LogP contribution in [0.25, 0.3) is 0 Å². The number of carbonyl (C=O) groups excluding carboxylic acids is 2. The Balaban J connectivity index is 1.66. The number of cyclic esters (lactones) is 1. The summed E-state index contributed by atoms with van der Waals surface area (Å²) in [4.78, 5) is 29.5. The summed E-state index contributed by atoms with van der Waals surface area (Å²) in [6, 6.07) is -0.466. The third-order valence-corrected chi connectivity index (χ3v) is 12.4. The maximum absolute atomic E-state index is 13.1. The number of hydrogen-bond donors (Lipinski definition) is 4. The van der Waals surface area contributed by atoms with Crippen molar-refractivity contribution in [2.45, 2.75) is 190 Å². The molecule has 0 saturated carbocycles. The fraction of sp³-hybridized carbons (Fsp3) is 0.860. The zero-order valence-corrected chi connectivity index (χ0v) is 37.0. The van der Waals surface area contributed by atoms with Crippen LogP contribution < -0.4 is 0 Å². The van der Waals surface area contributed by atoms with Gasteiger partial charge in [0.25, 0.3) is 0 Å². The van der Waals surface area contributed by atoms with E-state index in [1.807, 2.05) is 52.2 Å². The van der Waals surface area contributed by atoms with E-state index >= 15 is 0 Å². The number of esters is 1. The summed E-state index contributed by atoms with van der Waals surface area (Å²) in [6.07, 6.45) is -1.56.